The summed E-state index contributed by atoms with van der Waals surface area (Å²) >= 11 is 0. The van der Waals surface area contributed by atoms with Crippen LogP contribution in [-0.2, 0) is 0 Å². The van der Waals surface area contributed by atoms with Gasteiger partial charge in [0.05, 0.1) is 0 Å². The summed E-state index contributed by atoms with van der Waals surface area (Å²) in [6, 6.07) is 0.622. The Balaban J connectivity index is 2.40. The SMILES string of the molecule is C=C(CC)CC1CCCCC1CNC(C)C. The van der Waals surface area contributed by atoms with E-state index in [9.17, 15) is 0 Å². The Morgan fingerprint density at radius 2 is 1.88 bits per heavy atom. The summed E-state index contributed by atoms with van der Waals surface area (Å²) in [4.78, 5) is 0. The van der Waals surface area contributed by atoms with E-state index in [1.54, 1.807) is 0 Å². The molecule has 0 aromatic rings. The van der Waals surface area contributed by atoms with Crippen LogP contribution < -0.4 is 5.32 Å². The van der Waals surface area contributed by atoms with E-state index >= 15 is 0 Å². The number of rotatable bonds is 6. The zero-order valence-corrected chi connectivity index (χ0v) is 11.4. The molecule has 0 aliphatic heterocycles. The van der Waals surface area contributed by atoms with E-state index in [-0.39, 0.29) is 0 Å². The minimum Gasteiger partial charge on any atom is -0.314 e. The summed E-state index contributed by atoms with van der Waals surface area (Å²) in [7, 11) is 0. The molecule has 1 nitrogen and oxygen atoms in total. The number of hydrogen-bond acceptors (Lipinski definition) is 1. The Kier molecular flexibility index (Phi) is 6.12. The van der Waals surface area contributed by atoms with Crippen molar-refractivity contribution in [2.75, 3.05) is 6.54 Å². The molecule has 0 aromatic heterocycles. The van der Waals surface area contributed by atoms with Crippen molar-refractivity contribution in [3.63, 3.8) is 0 Å². The first kappa shape index (κ1) is 13.8. The Morgan fingerprint density at radius 3 is 2.44 bits per heavy atom. The standard InChI is InChI=1S/C15H29N/c1-5-13(4)10-14-8-6-7-9-15(14)11-16-12(2)3/h12,14-16H,4-11H2,1-3H3. The maximum absolute atomic E-state index is 4.18. The smallest absolute Gasteiger partial charge is 0.00104 e. The van der Waals surface area contributed by atoms with E-state index in [0.29, 0.717) is 6.04 Å². The minimum atomic E-state index is 0.622. The van der Waals surface area contributed by atoms with Crippen molar-refractivity contribution in [3.8, 4) is 0 Å². The summed E-state index contributed by atoms with van der Waals surface area (Å²) < 4.78 is 0. The van der Waals surface area contributed by atoms with Gasteiger partial charge in [0.15, 0.2) is 0 Å². The molecule has 2 unspecified atom stereocenters. The fourth-order valence-electron chi connectivity index (χ4n) is 2.72. The minimum absolute atomic E-state index is 0.622. The number of nitrogens with one attached hydrogen (secondary N) is 1. The Bertz CT molecular complexity index is 207. The van der Waals surface area contributed by atoms with Gasteiger partial charge >= 0.3 is 0 Å². The zero-order valence-electron chi connectivity index (χ0n) is 11.4. The van der Waals surface area contributed by atoms with Gasteiger partial charge in [0.25, 0.3) is 0 Å². The van der Waals surface area contributed by atoms with Gasteiger partial charge < -0.3 is 5.32 Å². The van der Waals surface area contributed by atoms with Crippen LogP contribution in [-0.4, -0.2) is 12.6 Å². The third kappa shape index (κ3) is 4.69. The van der Waals surface area contributed by atoms with Crippen LogP contribution >= 0.6 is 0 Å². The van der Waals surface area contributed by atoms with Gasteiger partial charge in [-0.05, 0) is 44.1 Å². The predicted molar refractivity (Wildman–Crippen MR) is 72.6 cm³/mol. The van der Waals surface area contributed by atoms with Crippen molar-refractivity contribution in [1.29, 1.82) is 0 Å². The average Bonchev–Trinajstić information content (AvgIpc) is 2.27. The van der Waals surface area contributed by atoms with Crippen LogP contribution in [0.25, 0.3) is 0 Å². The van der Waals surface area contributed by atoms with E-state index < -0.39 is 0 Å². The van der Waals surface area contributed by atoms with Crippen LogP contribution in [0.1, 0.15) is 59.3 Å². The molecule has 0 spiro atoms. The highest BCUT2D eigenvalue weighted by molar-refractivity contribution is 4.96. The monoisotopic (exact) mass is 223 g/mol. The molecule has 16 heavy (non-hydrogen) atoms. The van der Waals surface area contributed by atoms with Crippen molar-refractivity contribution in [3.05, 3.63) is 12.2 Å². The number of hydrogen-bond donors (Lipinski definition) is 1. The van der Waals surface area contributed by atoms with E-state index in [1.807, 2.05) is 0 Å². The molecule has 1 N–H and O–H groups in total. The van der Waals surface area contributed by atoms with Gasteiger partial charge in [-0.15, -0.1) is 0 Å². The lowest BCUT2D eigenvalue weighted by atomic mass is 9.76. The average molecular weight is 223 g/mol. The van der Waals surface area contributed by atoms with Gasteiger partial charge in [0.2, 0.25) is 0 Å². The van der Waals surface area contributed by atoms with Crippen LogP contribution in [0.2, 0.25) is 0 Å². The third-order valence-electron chi connectivity index (χ3n) is 3.91. The molecule has 1 aliphatic rings. The molecule has 1 saturated carbocycles. The van der Waals surface area contributed by atoms with Gasteiger partial charge in [-0.3, -0.25) is 0 Å². The first-order valence-corrected chi connectivity index (χ1v) is 7.03. The molecule has 2 atom stereocenters. The first-order valence-electron chi connectivity index (χ1n) is 7.03. The Hall–Kier alpha value is -0.300. The maximum atomic E-state index is 4.18. The van der Waals surface area contributed by atoms with Crippen molar-refractivity contribution >= 4 is 0 Å². The maximum Gasteiger partial charge on any atom is 0.00104 e. The molecule has 0 saturated heterocycles. The van der Waals surface area contributed by atoms with Gasteiger partial charge in [-0.1, -0.05) is 45.8 Å². The van der Waals surface area contributed by atoms with Crippen LogP contribution in [0.4, 0.5) is 0 Å². The summed E-state index contributed by atoms with van der Waals surface area (Å²) in [5.41, 5.74) is 1.45. The highest BCUT2D eigenvalue weighted by Gasteiger charge is 2.24. The van der Waals surface area contributed by atoms with Gasteiger partial charge in [0.1, 0.15) is 0 Å². The first-order chi connectivity index (χ1) is 7.63. The fourth-order valence-corrected chi connectivity index (χ4v) is 2.72. The van der Waals surface area contributed by atoms with E-state index in [1.165, 1.54) is 44.2 Å². The predicted octanol–water partition coefficient (Wildman–Crippen LogP) is 4.15. The quantitative estimate of drug-likeness (QED) is 0.667. The van der Waals surface area contributed by atoms with Gasteiger partial charge in [-0.25, -0.2) is 0 Å². The summed E-state index contributed by atoms with van der Waals surface area (Å²) in [5, 5.41) is 3.61. The lowest BCUT2D eigenvalue weighted by molar-refractivity contribution is 0.223. The molecular weight excluding hydrogens is 194 g/mol. The van der Waals surface area contributed by atoms with Crippen LogP contribution in [0.5, 0.6) is 0 Å². The molecule has 0 radical (unpaired) electrons. The second-order valence-corrected chi connectivity index (χ2v) is 5.68. The Morgan fingerprint density at radius 1 is 1.25 bits per heavy atom. The molecule has 0 amide bonds. The van der Waals surface area contributed by atoms with Crippen LogP contribution in [0, 0.1) is 11.8 Å². The third-order valence-corrected chi connectivity index (χ3v) is 3.91. The van der Waals surface area contributed by atoms with Crippen molar-refractivity contribution < 1.29 is 0 Å². The highest BCUT2D eigenvalue weighted by Crippen LogP contribution is 2.34. The molecule has 0 heterocycles. The molecule has 1 fully saturated rings. The van der Waals surface area contributed by atoms with Crippen molar-refractivity contribution in [2.24, 2.45) is 11.8 Å². The Labute approximate surface area is 102 Å². The van der Waals surface area contributed by atoms with Gasteiger partial charge in [0, 0.05) is 6.04 Å². The topological polar surface area (TPSA) is 12.0 Å². The zero-order chi connectivity index (χ0) is 12.0. The lowest BCUT2D eigenvalue weighted by Crippen LogP contribution is -2.34. The number of allylic oxidation sites excluding steroid dienone is 1. The highest BCUT2D eigenvalue weighted by atomic mass is 14.9. The summed E-state index contributed by atoms with van der Waals surface area (Å²) in [5.74, 6) is 1.78. The molecular formula is C15H29N. The van der Waals surface area contributed by atoms with Gasteiger partial charge in [-0.2, -0.15) is 0 Å². The largest absolute Gasteiger partial charge is 0.314 e. The second-order valence-electron chi connectivity index (χ2n) is 5.68. The summed E-state index contributed by atoms with van der Waals surface area (Å²) in [6.07, 6.45) is 8.12. The molecule has 0 aromatic carbocycles. The van der Waals surface area contributed by atoms with Crippen LogP contribution in [0.3, 0.4) is 0 Å². The fraction of sp³-hybridized carbons (Fsp3) is 0.867. The molecule has 94 valence electrons. The lowest BCUT2D eigenvalue weighted by Gasteiger charge is -2.33. The van der Waals surface area contributed by atoms with E-state index in [2.05, 4.69) is 32.7 Å². The normalized spacial score (nSPS) is 26.0. The van der Waals surface area contributed by atoms with Crippen molar-refractivity contribution in [2.45, 2.75) is 65.3 Å². The molecule has 1 rings (SSSR count). The molecule has 0 bridgehead atoms. The van der Waals surface area contributed by atoms with Crippen molar-refractivity contribution in [1.82, 2.24) is 5.32 Å². The van der Waals surface area contributed by atoms with Crippen LogP contribution in [0.15, 0.2) is 12.2 Å². The van der Waals surface area contributed by atoms with E-state index in [0.717, 1.165) is 18.3 Å². The summed E-state index contributed by atoms with van der Waals surface area (Å²) in [6.45, 7) is 12.1. The van der Waals surface area contributed by atoms with E-state index in [4.69, 9.17) is 0 Å². The molecule has 1 aliphatic carbocycles. The molecule has 1 heteroatoms. The second kappa shape index (κ2) is 7.11.